The quantitative estimate of drug-likeness (QED) is 0.199. The molecule has 1 N–H and O–H groups in total. The van der Waals surface area contributed by atoms with Crippen LogP contribution in [0.1, 0.15) is 70.6 Å². The van der Waals surface area contributed by atoms with Crippen molar-refractivity contribution in [1.82, 2.24) is 9.88 Å². The fourth-order valence-corrected chi connectivity index (χ4v) is 5.06. The highest BCUT2D eigenvalue weighted by atomic mass is 16.1. The predicted octanol–water partition coefficient (Wildman–Crippen LogP) is 7.41. The minimum absolute atomic E-state index is 0.131. The van der Waals surface area contributed by atoms with Crippen LogP contribution in [0.2, 0.25) is 0 Å². The van der Waals surface area contributed by atoms with Gasteiger partial charge in [-0.3, -0.25) is 19.5 Å². The highest BCUT2D eigenvalue weighted by Gasteiger charge is 2.31. The molecule has 2 aromatic carbocycles. The molecule has 0 aliphatic carbocycles. The van der Waals surface area contributed by atoms with Crippen molar-refractivity contribution in [2.24, 2.45) is 17.3 Å². The van der Waals surface area contributed by atoms with Crippen molar-refractivity contribution in [1.29, 1.82) is 0 Å². The van der Waals surface area contributed by atoms with Crippen LogP contribution in [-0.4, -0.2) is 41.1 Å². The summed E-state index contributed by atoms with van der Waals surface area (Å²) in [6.45, 7) is 12.3. The summed E-state index contributed by atoms with van der Waals surface area (Å²) in [5.41, 5.74) is 4.30. The van der Waals surface area contributed by atoms with Gasteiger partial charge in [-0.1, -0.05) is 77.1 Å². The van der Waals surface area contributed by atoms with Gasteiger partial charge in [-0.05, 0) is 85.1 Å². The summed E-state index contributed by atoms with van der Waals surface area (Å²) >= 11 is 0. The molecule has 0 aliphatic rings. The standard InChI is InChI=1S/C36H49N3O2/c1-27(2)18-21-39(6)33(23-29-16-19-37-20-17-29)34(40)24-31(35(41)25-36(3,4)5)22-28-12-14-32(15-13-28)38-26-30-10-8-7-9-11-30/h7-17,19-20,27,31,33,38H,18,21-26H2,1-6H3. The molecule has 0 radical (unpaired) electrons. The molecule has 220 valence electrons. The van der Waals surface area contributed by atoms with Gasteiger partial charge in [0.1, 0.15) is 5.78 Å². The lowest BCUT2D eigenvalue weighted by Gasteiger charge is -2.29. The largest absolute Gasteiger partial charge is 0.381 e. The van der Waals surface area contributed by atoms with Crippen LogP contribution in [0.3, 0.4) is 0 Å². The number of carbonyl (C=O) groups excluding carboxylic acids is 2. The lowest BCUT2D eigenvalue weighted by atomic mass is 9.80. The van der Waals surface area contributed by atoms with E-state index in [1.807, 2.05) is 37.4 Å². The van der Waals surface area contributed by atoms with Crippen LogP contribution in [0.25, 0.3) is 0 Å². The second kappa shape index (κ2) is 15.6. The minimum atomic E-state index is -0.344. The summed E-state index contributed by atoms with van der Waals surface area (Å²) in [5.74, 6) is 0.523. The number of benzene rings is 2. The molecular weight excluding hydrogens is 506 g/mol. The molecule has 0 bridgehead atoms. The second-order valence-electron chi connectivity index (χ2n) is 13.0. The van der Waals surface area contributed by atoms with Gasteiger partial charge in [0.2, 0.25) is 0 Å². The van der Waals surface area contributed by atoms with Gasteiger partial charge in [0.15, 0.2) is 5.78 Å². The number of nitrogens with zero attached hydrogens (tertiary/aromatic N) is 2. The highest BCUT2D eigenvalue weighted by Crippen LogP contribution is 2.26. The molecule has 0 saturated carbocycles. The first kappa shape index (κ1) is 32.2. The molecule has 1 heterocycles. The molecule has 0 saturated heterocycles. The Bertz CT molecular complexity index is 1200. The maximum absolute atomic E-state index is 14.0. The normalized spacial score (nSPS) is 13.3. The second-order valence-corrected chi connectivity index (χ2v) is 13.0. The number of ketones is 2. The molecule has 41 heavy (non-hydrogen) atoms. The number of hydrogen-bond acceptors (Lipinski definition) is 5. The van der Waals surface area contributed by atoms with E-state index in [0.717, 1.165) is 36.3 Å². The van der Waals surface area contributed by atoms with Gasteiger partial charge in [-0.15, -0.1) is 0 Å². The number of carbonyl (C=O) groups is 2. The minimum Gasteiger partial charge on any atom is -0.381 e. The lowest BCUT2D eigenvalue weighted by molar-refractivity contribution is -0.131. The molecule has 0 spiro atoms. The molecule has 0 aliphatic heterocycles. The average molecular weight is 556 g/mol. The molecule has 3 rings (SSSR count). The number of nitrogens with one attached hydrogen (secondary N) is 1. The third kappa shape index (κ3) is 11.6. The Morgan fingerprint density at radius 1 is 0.829 bits per heavy atom. The van der Waals surface area contributed by atoms with Gasteiger partial charge in [0.05, 0.1) is 6.04 Å². The molecule has 5 nitrogen and oxygen atoms in total. The maximum atomic E-state index is 14.0. The monoisotopic (exact) mass is 555 g/mol. The van der Waals surface area contributed by atoms with E-state index >= 15 is 0 Å². The van der Waals surface area contributed by atoms with Crippen molar-refractivity contribution in [3.63, 3.8) is 0 Å². The van der Waals surface area contributed by atoms with Crippen molar-refractivity contribution in [2.45, 2.75) is 79.3 Å². The highest BCUT2D eigenvalue weighted by molar-refractivity contribution is 5.91. The molecule has 1 aromatic heterocycles. The Hall–Kier alpha value is -3.31. The number of likely N-dealkylation sites (N-methyl/N-ethyl adjacent to an activating group) is 1. The van der Waals surface area contributed by atoms with Crippen LogP contribution in [0, 0.1) is 17.3 Å². The van der Waals surface area contributed by atoms with Gasteiger partial charge in [-0.2, -0.15) is 0 Å². The average Bonchev–Trinajstić information content (AvgIpc) is 2.94. The van der Waals surface area contributed by atoms with Crippen molar-refractivity contribution in [3.8, 4) is 0 Å². The zero-order chi connectivity index (χ0) is 29.8. The van der Waals surface area contributed by atoms with Crippen LogP contribution in [0.4, 0.5) is 5.69 Å². The van der Waals surface area contributed by atoms with E-state index in [0.29, 0.717) is 25.2 Å². The summed E-state index contributed by atoms with van der Waals surface area (Å²) in [6, 6.07) is 22.3. The van der Waals surface area contributed by atoms with Gasteiger partial charge in [-0.25, -0.2) is 0 Å². The SMILES string of the molecule is CC(C)CCN(C)C(Cc1ccncc1)C(=O)CC(Cc1ccc(NCc2ccccc2)cc1)C(=O)CC(C)(C)C. The molecule has 3 aromatic rings. The smallest absolute Gasteiger partial charge is 0.151 e. The number of aromatic nitrogens is 1. The molecule has 0 fully saturated rings. The van der Waals surface area contributed by atoms with E-state index in [-0.39, 0.29) is 35.4 Å². The van der Waals surface area contributed by atoms with E-state index in [2.05, 4.69) is 86.2 Å². The van der Waals surface area contributed by atoms with Gasteiger partial charge >= 0.3 is 0 Å². The summed E-state index contributed by atoms with van der Waals surface area (Å²) in [7, 11) is 2.04. The van der Waals surface area contributed by atoms with Crippen LogP contribution in [-0.2, 0) is 29.0 Å². The van der Waals surface area contributed by atoms with E-state index in [1.165, 1.54) is 5.56 Å². The first-order chi connectivity index (χ1) is 19.5. The number of hydrogen-bond donors (Lipinski definition) is 1. The molecule has 5 heteroatoms. The number of rotatable bonds is 16. The van der Waals surface area contributed by atoms with Gasteiger partial charge in [0, 0.05) is 43.4 Å². The van der Waals surface area contributed by atoms with Crippen molar-refractivity contribution in [2.75, 3.05) is 18.9 Å². The van der Waals surface area contributed by atoms with E-state index in [4.69, 9.17) is 0 Å². The van der Waals surface area contributed by atoms with Crippen molar-refractivity contribution in [3.05, 3.63) is 95.8 Å². The fraction of sp³-hybridized carbons (Fsp3) is 0.472. The molecule has 0 amide bonds. The Morgan fingerprint density at radius 2 is 1.46 bits per heavy atom. The van der Waals surface area contributed by atoms with E-state index in [9.17, 15) is 9.59 Å². The third-order valence-electron chi connectivity index (χ3n) is 7.52. The summed E-state index contributed by atoms with van der Waals surface area (Å²) in [5, 5.41) is 3.47. The summed E-state index contributed by atoms with van der Waals surface area (Å²) in [4.78, 5) is 33.9. The van der Waals surface area contributed by atoms with E-state index in [1.54, 1.807) is 12.4 Å². The van der Waals surface area contributed by atoms with Gasteiger partial charge in [0.25, 0.3) is 0 Å². The molecule has 2 atom stereocenters. The predicted molar refractivity (Wildman–Crippen MR) is 170 cm³/mol. The lowest BCUT2D eigenvalue weighted by Crippen LogP contribution is -2.42. The number of Topliss-reactive ketones (excluding diaryl/α,β-unsaturated/α-hetero) is 2. The zero-order valence-corrected chi connectivity index (χ0v) is 25.9. The van der Waals surface area contributed by atoms with Crippen LogP contribution < -0.4 is 5.32 Å². The number of anilines is 1. The van der Waals surface area contributed by atoms with Crippen molar-refractivity contribution < 1.29 is 9.59 Å². The van der Waals surface area contributed by atoms with E-state index < -0.39 is 0 Å². The zero-order valence-electron chi connectivity index (χ0n) is 25.9. The number of pyridine rings is 1. The van der Waals surface area contributed by atoms with Crippen LogP contribution >= 0.6 is 0 Å². The molecule has 2 unspecified atom stereocenters. The maximum Gasteiger partial charge on any atom is 0.151 e. The summed E-state index contributed by atoms with van der Waals surface area (Å²) < 4.78 is 0. The topological polar surface area (TPSA) is 62.3 Å². The van der Waals surface area contributed by atoms with Crippen LogP contribution in [0.5, 0.6) is 0 Å². The Balaban J connectivity index is 1.75. The third-order valence-corrected chi connectivity index (χ3v) is 7.52. The first-order valence-corrected chi connectivity index (χ1v) is 15.0. The Morgan fingerprint density at radius 3 is 2.07 bits per heavy atom. The molecular formula is C36H49N3O2. The first-order valence-electron chi connectivity index (χ1n) is 15.0. The Kier molecular flexibility index (Phi) is 12.3. The fourth-order valence-electron chi connectivity index (χ4n) is 5.06. The van der Waals surface area contributed by atoms with Crippen molar-refractivity contribution >= 4 is 17.3 Å². The Labute approximate surface area is 247 Å². The summed E-state index contributed by atoms with van der Waals surface area (Å²) in [6.07, 6.45) is 6.48. The van der Waals surface area contributed by atoms with Gasteiger partial charge < -0.3 is 5.32 Å². The van der Waals surface area contributed by atoms with Crippen LogP contribution in [0.15, 0.2) is 79.1 Å².